The topological polar surface area (TPSA) is 107 Å². The van der Waals surface area contributed by atoms with Crippen molar-refractivity contribution in [1.82, 2.24) is 19.9 Å². The number of hydrogen-bond acceptors (Lipinski definition) is 10. The molecule has 4 aromatic rings. The summed E-state index contributed by atoms with van der Waals surface area (Å²) in [6, 6.07) is 11.3. The highest BCUT2D eigenvalue weighted by atomic mass is 32.2. The average molecular weight is 644 g/mol. The van der Waals surface area contributed by atoms with Gasteiger partial charge in [0, 0.05) is 49.4 Å². The van der Waals surface area contributed by atoms with Gasteiger partial charge < -0.3 is 19.7 Å². The zero-order valence-corrected chi connectivity index (χ0v) is 26.5. The van der Waals surface area contributed by atoms with Crippen LogP contribution < -0.4 is 14.8 Å². The number of nitrogens with zero attached hydrogens (tertiary/aromatic N) is 4. The van der Waals surface area contributed by atoms with E-state index in [1.165, 1.54) is 30.8 Å². The average Bonchev–Trinajstić information content (AvgIpc) is 3.42. The van der Waals surface area contributed by atoms with Crippen molar-refractivity contribution in [3.05, 3.63) is 65.3 Å². The van der Waals surface area contributed by atoms with E-state index in [-0.39, 0.29) is 29.3 Å². The van der Waals surface area contributed by atoms with Gasteiger partial charge >= 0.3 is 0 Å². The number of rotatable bonds is 12. The Morgan fingerprint density at radius 1 is 1.09 bits per heavy atom. The van der Waals surface area contributed by atoms with E-state index in [0.29, 0.717) is 60.0 Å². The summed E-state index contributed by atoms with van der Waals surface area (Å²) in [6.07, 6.45) is 5.67. The normalized spacial score (nSPS) is 14.5. The molecule has 1 saturated heterocycles. The molecule has 1 fully saturated rings. The van der Waals surface area contributed by atoms with Gasteiger partial charge in [0.25, 0.3) is 0 Å². The number of aromatic nitrogens is 3. The number of hydrogen-bond donors (Lipinski definition) is 1. The number of nitrogens with one attached hydrogen (secondary N) is 1. The van der Waals surface area contributed by atoms with Crippen LogP contribution in [0.15, 0.2) is 48.7 Å². The minimum atomic E-state index is -3.01. The second-order valence-corrected chi connectivity index (χ2v) is 14.0. The Hall–Kier alpha value is -3.68. The Balaban J connectivity index is 1.29. The summed E-state index contributed by atoms with van der Waals surface area (Å²) in [5.74, 6) is -0.355. The number of ether oxygens (including phenoxy) is 2. The van der Waals surface area contributed by atoms with E-state index in [4.69, 9.17) is 14.5 Å². The molecular weight excluding hydrogens is 609 g/mol. The van der Waals surface area contributed by atoms with Crippen LogP contribution in [0.25, 0.3) is 21.8 Å². The third-order valence-electron chi connectivity index (χ3n) is 7.26. The first-order chi connectivity index (χ1) is 21.1. The Bertz CT molecular complexity index is 1710. The molecule has 0 bridgehead atoms. The molecule has 0 amide bonds. The molecule has 1 aliphatic heterocycles. The molecule has 0 unspecified atom stereocenters. The Kier molecular flexibility index (Phi) is 10.1. The zero-order valence-electron chi connectivity index (χ0n) is 24.8. The summed E-state index contributed by atoms with van der Waals surface area (Å²) < 4.78 is 64.3. The third kappa shape index (κ3) is 7.88. The first-order valence-corrected chi connectivity index (χ1v) is 17.3. The van der Waals surface area contributed by atoms with Gasteiger partial charge in [0.2, 0.25) is 5.95 Å². The van der Waals surface area contributed by atoms with E-state index >= 15 is 8.78 Å². The highest BCUT2D eigenvalue weighted by Gasteiger charge is 2.23. The maximum absolute atomic E-state index is 15.2. The second kappa shape index (κ2) is 14.0. The second-order valence-electron chi connectivity index (χ2n) is 10.7. The number of aryl methyl sites for hydroxylation is 1. The third-order valence-corrected chi connectivity index (χ3v) is 9.32. The lowest BCUT2D eigenvalue weighted by Crippen LogP contribution is -2.40. The summed E-state index contributed by atoms with van der Waals surface area (Å²) in [4.78, 5) is 16.5. The van der Waals surface area contributed by atoms with Crippen LogP contribution in [-0.2, 0) is 16.3 Å². The minimum Gasteiger partial charge on any atom is -0.494 e. The minimum absolute atomic E-state index is 0.125. The number of benzene rings is 2. The van der Waals surface area contributed by atoms with Gasteiger partial charge in [-0.3, -0.25) is 0 Å². The van der Waals surface area contributed by atoms with Crippen molar-refractivity contribution in [2.24, 2.45) is 0 Å². The molecule has 0 saturated carbocycles. The molecule has 0 spiro atoms. The maximum Gasteiger partial charge on any atom is 0.227 e. The molecule has 5 rings (SSSR count). The summed E-state index contributed by atoms with van der Waals surface area (Å²) in [5, 5.41) is 3.92. The zero-order chi connectivity index (χ0) is 31.3. The molecule has 1 aliphatic rings. The maximum atomic E-state index is 15.2. The number of thiazole rings is 1. The molecular formula is C31H35F2N5O4S2. The smallest absolute Gasteiger partial charge is 0.227 e. The Morgan fingerprint density at radius 2 is 1.89 bits per heavy atom. The molecule has 9 nitrogen and oxygen atoms in total. The van der Waals surface area contributed by atoms with Gasteiger partial charge in [-0.2, -0.15) is 0 Å². The summed E-state index contributed by atoms with van der Waals surface area (Å²) in [7, 11) is -1.59. The van der Waals surface area contributed by atoms with Gasteiger partial charge in [-0.25, -0.2) is 32.2 Å². The van der Waals surface area contributed by atoms with E-state index in [1.54, 1.807) is 42.6 Å². The van der Waals surface area contributed by atoms with Crippen LogP contribution >= 0.6 is 11.3 Å². The molecule has 44 heavy (non-hydrogen) atoms. The van der Waals surface area contributed by atoms with E-state index in [1.807, 2.05) is 0 Å². The van der Waals surface area contributed by atoms with Gasteiger partial charge in [-0.05, 0) is 56.0 Å². The fourth-order valence-corrected chi connectivity index (χ4v) is 6.71. The van der Waals surface area contributed by atoms with E-state index in [9.17, 15) is 8.42 Å². The molecule has 0 aliphatic carbocycles. The molecule has 0 atom stereocenters. The highest BCUT2D eigenvalue weighted by Crippen LogP contribution is 2.39. The van der Waals surface area contributed by atoms with Crippen LogP contribution in [-0.4, -0.2) is 73.1 Å². The first kappa shape index (κ1) is 31.7. The lowest BCUT2D eigenvalue weighted by atomic mass is 10.1. The number of likely N-dealkylation sites (tertiary alicyclic amines) is 1. The monoisotopic (exact) mass is 643 g/mol. The number of piperidine rings is 1. The summed E-state index contributed by atoms with van der Waals surface area (Å²) >= 11 is 1.45. The summed E-state index contributed by atoms with van der Waals surface area (Å²) in [6.45, 7) is 3.94. The van der Waals surface area contributed by atoms with E-state index in [2.05, 4.69) is 27.1 Å². The van der Waals surface area contributed by atoms with Crippen LogP contribution in [0.3, 0.4) is 0 Å². The van der Waals surface area contributed by atoms with Gasteiger partial charge in [0.15, 0.2) is 23.1 Å². The Labute approximate surface area is 260 Å². The van der Waals surface area contributed by atoms with Crippen LogP contribution in [0.2, 0.25) is 0 Å². The highest BCUT2D eigenvalue weighted by molar-refractivity contribution is 7.90. The molecule has 0 radical (unpaired) electrons. The van der Waals surface area contributed by atoms with Crippen molar-refractivity contribution < 1.29 is 26.7 Å². The number of halogens is 2. The lowest BCUT2D eigenvalue weighted by Gasteiger charge is -2.32. The molecule has 3 heterocycles. The van der Waals surface area contributed by atoms with E-state index in [0.717, 1.165) is 17.8 Å². The quantitative estimate of drug-likeness (QED) is 0.195. The van der Waals surface area contributed by atoms with E-state index < -0.39 is 21.5 Å². The first-order valence-electron chi connectivity index (χ1n) is 14.4. The van der Waals surface area contributed by atoms with Gasteiger partial charge in [-0.15, -0.1) is 11.3 Å². The number of sulfone groups is 1. The van der Waals surface area contributed by atoms with Gasteiger partial charge in [-0.1, -0.05) is 13.0 Å². The van der Waals surface area contributed by atoms with Gasteiger partial charge in [0.1, 0.15) is 15.9 Å². The van der Waals surface area contributed by atoms with Crippen LogP contribution in [0.4, 0.5) is 20.4 Å². The fraction of sp³-hybridized carbons (Fsp3) is 0.387. The fourth-order valence-electron chi connectivity index (χ4n) is 4.97. The summed E-state index contributed by atoms with van der Waals surface area (Å²) in [5.41, 5.74) is 1.80. The van der Waals surface area contributed by atoms with Crippen molar-refractivity contribution in [2.45, 2.75) is 38.7 Å². The SMILES string of the molecule is CCCc1nc(-c2cccc(OC)c2F)c(-c2ccnc(Nc3ccc(OC4CCN(CCS(C)(=O)=O)CC4)c(F)c3)n2)s1. The van der Waals surface area contributed by atoms with Crippen molar-refractivity contribution in [2.75, 3.05) is 44.1 Å². The molecule has 1 N–H and O–H groups in total. The largest absolute Gasteiger partial charge is 0.494 e. The van der Waals surface area contributed by atoms with Gasteiger partial charge in [0.05, 0.1) is 34.1 Å². The van der Waals surface area contributed by atoms with Crippen molar-refractivity contribution in [1.29, 1.82) is 0 Å². The molecule has 2 aromatic carbocycles. The molecule has 13 heteroatoms. The standard InChI is InChI=1S/C31H35F2N5O4S2/c1-4-6-27-37-29(22-7-5-8-26(41-2)28(22)33)30(43-27)24-11-14-34-31(36-24)35-20-9-10-25(23(32)19-20)42-21-12-15-38(16-13-21)17-18-44(3,39)40/h5,7-11,14,19,21H,4,6,12-13,15-18H2,1-3H3,(H,34,35,36). The lowest BCUT2D eigenvalue weighted by molar-refractivity contribution is 0.100. The molecule has 234 valence electrons. The van der Waals surface area contributed by atoms with Crippen LogP contribution in [0.5, 0.6) is 11.5 Å². The number of methoxy groups -OCH3 is 1. The molecule has 2 aromatic heterocycles. The van der Waals surface area contributed by atoms with Crippen molar-refractivity contribution in [3.8, 4) is 33.3 Å². The van der Waals surface area contributed by atoms with Crippen molar-refractivity contribution >= 4 is 32.8 Å². The van der Waals surface area contributed by atoms with Crippen LogP contribution in [0, 0.1) is 11.6 Å². The predicted molar refractivity (Wildman–Crippen MR) is 169 cm³/mol. The van der Waals surface area contributed by atoms with Crippen molar-refractivity contribution in [3.63, 3.8) is 0 Å². The number of anilines is 2. The predicted octanol–water partition coefficient (Wildman–Crippen LogP) is 6.14. The van der Waals surface area contributed by atoms with Crippen LogP contribution in [0.1, 0.15) is 31.2 Å². The Morgan fingerprint density at radius 3 is 2.59 bits per heavy atom.